The highest BCUT2D eigenvalue weighted by atomic mass is 19.1. The summed E-state index contributed by atoms with van der Waals surface area (Å²) in [4.78, 5) is 38.0. The number of Topliss-reactive ketones (excluding diaryl/α,β-unsaturated/α-hetero) is 1. The van der Waals surface area contributed by atoms with Crippen LogP contribution in [-0.2, 0) is 9.59 Å². The van der Waals surface area contributed by atoms with E-state index in [1.165, 1.54) is 112 Å². The molecular formula is C33H43FN2O5. The van der Waals surface area contributed by atoms with Crippen molar-refractivity contribution in [1.29, 1.82) is 0 Å². The predicted octanol–water partition coefficient (Wildman–Crippen LogP) is 8.64. The van der Waals surface area contributed by atoms with Gasteiger partial charge in [-0.2, -0.15) is 0 Å². The van der Waals surface area contributed by atoms with Crippen molar-refractivity contribution in [1.82, 2.24) is 4.90 Å². The Morgan fingerprint density at radius 2 is 1.34 bits per heavy atom. The van der Waals surface area contributed by atoms with Crippen LogP contribution in [-0.4, -0.2) is 33.2 Å². The number of amides is 1. The largest absolute Gasteiger partial charge is 0.507 e. The summed E-state index contributed by atoms with van der Waals surface area (Å²) in [6.45, 7) is 2.50. The van der Waals surface area contributed by atoms with Crippen LogP contribution in [0.4, 0.5) is 10.1 Å². The molecule has 0 radical (unpaired) electrons. The fourth-order valence-electron chi connectivity index (χ4n) is 5.50. The van der Waals surface area contributed by atoms with E-state index in [1.807, 2.05) is 0 Å². The Morgan fingerprint density at radius 1 is 0.829 bits per heavy atom. The summed E-state index contributed by atoms with van der Waals surface area (Å²) in [6.07, 6.45) is 16.7. The van der Waals surface area contributed by atoms with Gasteiger partial charge in [-0.1, -0.05) is 109 Å². The number of carbonyl (C=O) groups excluding carboxylic acids is 2. The predicted molar refractivity (Wildman–Crippen MR) is 159 cm³/mol. The summed E-state index contributed by atoms with van der Waals surface area (Å²) in [5.41, 5.74) is -0.114. The van der Waals surface area contributed by atoms with E-state index in [2.05, 4.69) is 6.92 Å². The summed E-state index contributed by atoms with van der Waals surface area (Å²) < 4.78 is 14.9. The average molecular weight is 567 g/mol. The van der Waals surface area contributed by atoms with Crippen LogP contribution in [0.25, 0.3) is 5.76 Å². The summed E-state index contributed by atoms with van der Waals surface area (Å²) >= 11 is 0. The first-order valence-corrected chi connectivity index (χ1v) is 15.1. The van der Waals surface area contributed by atoms with Crippen molar-refractivity contribution in [3.63, 3.8) is 0 Å². The molecule has 222 valence electrons. The van der Waals surface area contributed by atoms with Gasteiger partial charge in [-0.05, 0) is 24.6 Å². The number of hydrogen-bond acceptors (Lipinski definition) is 5. The van der Waals surface area contributed by atoms with Gasteiger partial charge in [0.2, 0.25) is 0 Å². The zero-order chi connectivity index (χ0) is 29.6. The number of unbranched alkanes of at least 4 members (excludes halogenated alkanes) is 13. The molecule has 41 heavy (non-hydrogen) atoms. The molecule has 1 N–H and O–H groups in total. The standard InChI is InChI=1S/C33H43FN2O5/c1-2-3-4-5-6-7-8-9-10-11-12-13-14-17-24-35-30(27-18-15-16-19-28(27)34)29(32(38)33(35)39)31(37)25-20-22-26(23-21-25)36(40)41/h15-16,18-23,30,37H,2-14,17,24H2,1H3/b31-29-. The molecule has 1 atom stereocenters. The van der Waals surface area contributed by atoms with Crippen molar-refractivity contribution < 1.29 is 24.0 Å². The smallest absolute Gasteiger partial charge is 0.295 e. The Labute approximate surface area is 242 Å². The van der Waals surface area contributed by atoms with Gasteiger partial charge < -0.3 is 10.0 Å². The molecule has 7 nitrogen and oxygen atoms in total. The molecular weight excluding hydrogens is 523 g/mol. The molecule has 1 aliphatic heterocycles. The third-order valence-corrected chi connectivity index (χ3v) is 7.84. The van der Waals surface area contributed by atoms with Crippen molar-refractivity contribution in [2.75, 3.05) is 6.54 Å². The molecule has 1 unspecified atom stereocenters. The Bertz CT molecular complexity index is 1190. The van der Waals surface area contributed by atoms with Crippen LogP contribution in [0.2, 0.25) is 0 Å². The van der Waals surface area contributed by atoms with Gasteiger partial charge >= 0.3 is 0 Å². The maximum absolute atomic E-state index is 14.9. The lowest BCUT2D eigenvalue weighted by atomic mass is 9.94. The number of rotatable bonds is 18. The number of benzene rings is 2. The minimum absolute atomic E-state index is 0.125. The molecule has 1 amide bonds. The highest BCUT2D eigenvalue weighted by Crippen LogP contribution is 2.40. The second-order valence-electron chi connectivity index (χ2n) is 10.9. The molecule has 2 aromatic rings. The molecule has 0 spiro atoms. The van der Waals surface area contributed by atoms with E-state index in [0.29, 0.717) is 6.42 Å². The third-order valence-electron chi connectivity index (χ3n) is 7.84. The number of non-ortho nitro benzene ring substituents is 1. The van der Waals surface area contributed by atoms with Crippen molar-refractivity contribution in [3.05, 3.63) is 81.2 Å². The number of halogens is 1. The van der Waals surface area contributed by atoms with E-state index >= 15 is 0 Å². The van der Waals surface area contributed by atoms with Crippen molar-refractivity contribution in [3.8, 4) is 0 Å². The fourth-order valence-corrected chi connectivity index (χ4v) is 5.50. The van der Waals surface area contributed by atoms with Crippen LogP contribution in [0.5, 0.6) is 0 Å². The summed E-state index contributed by atoms with van der Waals surface area (Å²) in [6, 6.07) is 9.87. The number of aliphatic hydroxyl groups is 1. The number of hydrogen-bond donors (Lipinski definition) is 1. The SMILES string of the molecule is CCCCCCCCCCCCCCCCN1C(=O)C(=O)/C(=C(\O)c2ccc([N+](=O)[O-])cc2)C1c1ccccc1F. The average Bonchev–Trinajstić information content (AvgIpc) is 3.22. The second kappa shape index (κ2) is 16.7. The second-order valence-corrected chi connectivity index (χ2v) is 10.9. The van der Waals surface area contributed by atoms with E-state index in [1.54, 1.807) is 6.07 Å². The number of carbonyl (C=O) groups is 2. The Kier molecular flexibility index (Phi) is 13.0. The van der Waals surface area contributed by atoms with Gasteiger partial charge in [-0.25, -0.2) is 4.39 Å². The molecule has 1 heterocycles. The van der Waals surface area contributed by atoms with Crippen molar-refractivity contribution in [2.24, 2.45) is 0 Å². The van der Waals surface area contributed by atoms with Crippen molar-refractivity contribution in [2.45, 2.75) is 103 Å². The van der Waals surface area contributed by atoms with Gasteiger partial charge in [0, 0.05) is 29.8 Å². The topological polar surface area (TPSA) is 101 Å². The fraction of sp³-hybridized carbons (Fsp3) is 0.515. The number of nitro benzene ring substituents is 1. The number of likely N-dealkylation sites (tertiary alicyclic amines) is 1. The van der Waals surface area contributed by atoms with Crippen LogP contribution in [0.15, 0.2) is 54.1 Å². The molecule has 0 bridgehead atoms. The molecule has 0 aromatic heterocycles. The molecule has 3 rings (SSSR count). The van der Waals surface area contributed by atoms with Gasteiger partial charge in [-0.3, -0.25) is 19.7 Å². The maximum Gasteiger partial charge on any atom is 0.295 e. The van der Waals surface area contributed by atoms with E-state index in [4.69, 9.17) is 0 Å². The lowest BCUT2D eigenvalue weighted by Crippen LogP contribution is -2.31. The van der Waals surface area contributed by atoms with Crippen LogP contribution in [0, 0.1) is 15.9 Å². The summed E-state index contributed by atoms with van der Waals surface area (Å²) in [7, 11) is 0. The zero-order valence-corrected chi connectivity index (χ0v) is 24.2. The number of nitro groups is 1. The maximum atomic E-state index is 14.9. The number of ketones is 1. The summed E-state index contributed by atoms with van der Waals surface area (Å²) in [5, 5.41) is 22.1. The summed E-state index contributed by atoms with van der Waals surface area (Å²) in [5.74, 6) is -2.73. The lowest BCUT2D eigenvalue weighted by molar-refractivity contribution is -0.384. The van der Waals surface area contributed by atoms with E-state index < -0.39 is 34.2 Å². The van der Waals surface area contributed by atoms with Crippen LogP contribution < -0.4 is 0 Å². The third kappa shape index (κ3) is 8.97. The Hall–Kier alpha value is -3.55. The van der Waals surface area contributed by atoms with E-state index in [-0.39, 0.29) is 28.9 Å². The Morgan fingerprint density at radius 3 is 1.85 bits per heavy atom. The van der Waals surface area contributed by atoms with Crippen molar-refractivity contribution >= 4 is 23.1 Å². The lowest BCUT2D eigenvalue weighted by Gasteiger charge is -2.25. The zero-order valence-electron chi connectivity index (χ0n) is 24.2. The Balaban J connectivity index is 1.58. The van der Waals surface area contributed by atoms with Gasteiger partial charge in [0.15, 0.2) is 0 Å². The van der Waals surface area contributed by atoms with Gasteiger partial charge in [0.25, 0.3) is 17.4 Å². The van der Waals surface area contributed by atoms with E-state index in [9.17, 15) is 29.2 Å². The highest BCUT2D eigenvalue weighted by molar-refractivity contribution is 6.46. The molecule has 8 heteroatoms. The van der Waals surface area contributed by atoms with Gasteiger partial charge in [0.1, 0.15) is 11.6 Å². The van der Waals surface area contributed by atoms with Gasteiger partial charge in [-0.15, -0.1) is 0 Å². The number of aliphatic hydroxyl groups excluding tert-OH is 1. The van der Waals surface area contributed by atoms with E-state index in [0.717, 1.165) is 19.3 Å². The highest BCUT2D eigenvalue weighted by Gasteiger charge is 2.46. The molecule has 1 fully saturated rings. The molecule has 0 saturated carbocycles. The van der Waals surface area contributed by atoms with Crippen LogP contribution >= 0.6 is 0 Å². The molecule has 2 aromatic carbocycles. The van der Waals surface area contributed by atoms with Crippen LogP contribution in [0.1, 0.15) is 114 Å². The molecule has 1 saturated heterocycles. The quantitative estimate of drug-likeness (QED) is 0.0486. The first-order chi connectivity index (χ1) is 19.9. The minimum Gasteiger partial charge on any atom is -0.507 e. The van der Waals surface area contributed by atoms with Crippen LogP contribution in [0.3, 0.4) is 0 Å². The molecule has 1 aliphatic rings. The molecule has 0 aliphatic carbocycles. The normalized spacial score (nSPS) is 16.4. The first kappa shape index (κ1) is 32.0. The number of nitrogens with zero attached hydrogens (tertiary/aromatic N) is 2. The van der Waals surface area contributed by atoms with Gasteiger partial charge in [0.05, 0.1) is 16.5 Å². The first-order valence-electron chi connectivity index (χ1n) is 15.1. The minimum atomic E-state index is -1.08. The monoisotopic (exact) mass is 566 g/mol.